The predicted molar refractivity (Wildman–Crippen MR) is 107 cm³/mol. The van der Waals surface area contributed by atoms with Gasteiger partial charge in [0.05, 0.1) is 15.9 Å². The topological polar surface area (TPSA) is 62.7 Å². The first kappa shape index (κ1) is 17.5. The zero-order chi connectivity index (χ0) is 19.0. The van der Waals surface area contributed by atoms with Crippen molar-refractivity contribution >= 4 is 44.2 Å². The lowest BCUT2D eigenvalue weighted by molar-refractivity contribution is -0.127. The molecule has 6 nitrogen and oxygen atoms in total. The Bertz CT molecular complexity index is 983. The van der Waals surface area contributed by atoms with E-state index in [2.05, 4.69) is 4.98 Å². The molecule has 0 aliphatic carbocycles. The first-order valence-electron chi connectivity index (χ1n) is 8.81. The summed E-state index contributed by atoms with van der Waals surface area (Å²) in [7, 11) is 0. The average Bonchev–Trinajstić information content (AvgIpc) is 3.09. The fraction of sp³-hybridized carbons (Fsp3) is 0.250. The Labute approximate surface area is 161 Å². The lowest BCUT2D eigenvalue weighted by atomic mass is 10.2. The highest BCUT2D eigenvalue weighted by Crippen LogP contribution is 2.34. The van der Waals surface area contributed by atoms with E-state index >= 15 is 0 Å². The standard InChI is InChI=1S/C20H19N3O3S/c1-3-22(20-21-14-8-4-7-11-17(14)27-20)18(24)12-23-15-9-5-6-10-16(15)26-13(2)19(23)25/h4-11,13H,3,12H2,1-2H3. The number of aromatic nitrogens is 1. The second-order valence-electron chi connectivity index (χ2n) is 6.25. The minimum Gasteiger partial charge on any atom is -0.479 e. The first-order chi connectivity index (χ1) is 13.1. The molecule has 0 radical (unpaired) electrons. The van der Waals surface area contributed by atoms with Crippen molar-refractivity contribution in [2.75, 3.05) is 22.9 Å². The summed E-state index contributed by atoms with van der Waals surface area (Å²) >= 11 is 1.47. The Morgan fingerprint density at radius 2 is 1.96 bits per heavy atom. The van der Waals surface area contributed by atoms with Gasteiger partial charge in [0, 0.05) is 6.54 Å². The fourth-order valence-corrected chi connectivity index (χ4v) is 4.18. The molecule has 27 heavy (non-hydrogen) atoms. The summed E-state index contributed by atoms with van der Waals surface area (Å²) in [4.78, 5) is 33.4. The smallest absolute Gasteiger partial charge is 0.268 e. The molecule has 1 aliphatic heterocycles. The Morgan fingerprint density at radius 3 is 2.74 bits per heavy atom. The van der Waals surface area contributed by atoms with Crippen LogP contribution in [0.15, 0.2) is 48.5 Å². The fourth-order valence-electron chi connectivity index (χ4n) is 3.14. The molecule has 0 saturated heterocycles. The molecule has 1 unspecified atom stereocenters. The van der Waals surface area contributed by atoms with E-state index in [4.69, 9.17) is 4.74 Å². The largest absolute Gasteiger partial charge is 0.479 e. The highest BCUT2D eigenvalue weighted by Gasteiger charge is 2.33. The van der Waals surface area contributed by atoms with E-state index in [1.165, 1.54) is 16.2 Å². The number of likely N-dealkylation sites (N-methyl/N-ethyl adjacent to an activating group) is 1. The van der Waals surface area contributed by atoms with Gasteiger partial charge < -0.3 is 4.74 Å². The van der Waals surface area contributed by atoms with Crippen LogP contribution in [0.25, 0.3) is 10.2 Å². The normalized spacial score (nSPS) is 16.1. The molecule has 0 saturated carbocycles. The summed E-state index contributed by atoms with van der Waals surface area (Å²) < 4.78 is 6.67. The molecule has 2 aromatic carbocycles. The minimum absolute atomic E-state index is 0.0483. The maximum atomic E-state index is 13.0. The van der Waals surface area contributed by atoms with Crippen molar-refractivity contribution < 1.29 is 14.3 Å². The van der Waals surface area contributed by atoms with Gasteiger partial charge in [0.25, 0.3) is 5.91 Å². The van der Waals surface area contributed by atoms with Crippen LogP contribution in [0.5, 0.6) is 5.75 Å². The second-order valence-corrected chi connectivity index (χ2v) is 7.26. The third-order valence-corrected chi connectivity index (χ3v) is 5.56. The van der Waals surface area contributed by atoms with Crippen LogP contribution in [0.2, 0.25) is 0 Å². The van der Waals surface area contributed by atoms with Crippen LogP contribution >= 0.6 is 11.3 Å². The molecule has 1 aliphatic rings. The third-order valence-electron chi connectivity index (χ3n) is 4.50. The molecule has 0 bridgehead atoms. The van der Waals surface area contributed by atoms with Crippen LogP contribution in [0.3, 0.4) is 0 Å². The van der Waals surface area contributed by atoms with Crippen molar-refractivity contribution in [1.82, 2.24) is 4.98 Å². The van der Waals surface area contributed by atoms with Crippen LogP contribution in [0.1, 0.15) is 13.8 Å². The van der Waals surface area contributed by atoms with Crippen LogP contribution < -0.4 is 14.5 Å². The number of amides is 2. The van der Waals surface area contributed by atoms with Gasteiger partial charge in [0.15, 0.2) is 11.2 Å². The molecule has 7 heteroatoms. The molecular formula is C20H19N3O3S. The maximum Gasteiger partial charge on any atom is 0.268 e. The Balaban J connectivity index is 1.63. The lowest BCUT2D eigenvalue weighted by Gasteiger charge is -2.33. The number of nitrogens with zero attached hydrogens (tertiary/aromatic N) is 3. The third kappa shape index (κ3) is 3.14. The SMILES string of the molecule is CCN(C(=O)CN1C(=O)C(C)Oc2ccccc21)c1nc2ccccc2s1. The number of rotatable bonds is 4. The molecule has 2 heterocycles. The summed E-state index contributed by atoms with van der Waals surface area (Å²) in [5, 5.41) is 0.644. The van der Waals surface area contributed by atoms with Gasteiger partial charge in [-0.2, -0.15) is 0 Å². The zero-order valence-corrected chi connectivity index (χ0v) is 15.9. The first-order valence-corrected chi connectivity index (χ1v) is 9.63. The van der Waals surface area contributed by atoms with Gasteiger partial charge in [-0.1, -0.05) is 35.6 Å². The number of thiazole rings is 1. The van der Waals surface area contributed by atoms with E-state index in [0.29, 0.717) is 23.1 Å². The van der Waals surface area contributed by atoms with Crippen molar-refractivity contribution in [2.45, 2.75) is 20.0 Å². The molecule has 3 aromatic rings. The van der Waals surface area contributed by atoms with Gasteiger partial charge in [-0.3, -0.25) is 19.4 Å². The second kappa shape index (κ2) is 7.00. The van der Waals surface area contributed by atoms with E-state index in [-0.39, 0.29) is 18.4 Å². The highest BCUT2D eigenvalue weighted by atomic mass is 32.1. The molecule has 0 N–H and O–H groups in total. The number of hydrogen-bond acceptors (Lipinski definition) is 5. The molecule has 1 aromatic heterocycles. The number of anilines is 2. The van der Waals surface area contributed by atoms with Crippen LogP contribution in [0.4, 0.5) is 10.8 Å². The number of benzene rings is 2. The number of carbonyl (C=O) groups is 2. The molecule has 0 spiro atoms. The number of hydrogen-bond donors (Lipinski definition) is 0. The predicted octanol–water partition coefficient (Wildman–Crippen LogP) is 3.46. The van der Waals surface area contributed by atoms with Crippen LogP contribution in [0, 0.1) is 0 Å². The monoisotopic (exact) mass is 381 g/mol. The molecular weight excluding hydrogens is 362 g/mol. The number of ether oxygens (including phenoxy) is 1. The zero-order valence-electron chi connectivity index (χ0n) is 15.1. The molecule has 2 amide bonds. The summed E-state index contributed by atoms with van der Waals surface area (Å²) in [5.41, 5.74) is 1.49. The molecule has 0 fully saturated rings. The van der Waals surface area contributed by atoms with Crippen molar-refractivity contribution in [3.8, 4) is 5.75 Å². The van der Waals surface area contributed by atoms with Gasteiger partial charge in [-0.05, 0) is 38.1 Å². The summed E-state index contributed by atoms with van der Waals surface area (Å²) in [6, 6.07) is 15.1. The van der Waals surface area contributed by atoms with Gasteiger partial charge in [-0.25, -0.2) is 4.98 Å². The number of carbonyl (C=O) groups excluding carboxylic acids is 2. The lowest BCUT2D eigenvalue weighted by Crippen LogP contribution is -2.49. The summed E-state index contributed by atoms with van der Waals surface area (Å²) in [5.74, 6) is 0.219. The van der Waals surface area contributed by atoms with Gasteiger partial charge in [0.2, 0.25) is 5.91 Å². The van der Waals surface area contributed by atoms with Crippen LogP contribution in [-0.4, -0.2) is 36.0 Å². The molecule has 138 valence electrons. The number of fused-ring (bicyclic) bond motifs is 2. The van der Waals surface area contributed by atoms with Gasteiger partial charge in [-0.15, -0.1) is 0 Å². The van der Waals surface area contributed by atoms with Gasteiger partial charge >= 0.3 is 0 Å². The van der Waals surface area contributed by atoms with Crippen molar-refractivity contribution in [1.29, 1.82) is 0 Å². The average molecular weight is 381 g/mol. The Hall–Kier alpha value is -2.93. The maximum absolute atomic E-state index is 13.0. The van der Waals surface area contributed by atoms with Crippen molar-refractivity contribution in [3.05, 3.63) is 48.5 Å². The van der Waals surface area contributed by atoms with E-state index in [1.807, 2.05) is 43.3 Å². The highest BCUT2D eigenvalue weighted by molar-refractivity contribution is 7.22. The molecule has 1 atom stereocenters. The van der Waals surface area contributed by atoms with Crippen molar-refractivity contribution in [2.24, 2.45) is 0 Å². The minimum atomic E-state index is -0.620. The van der Waals surface area contributed by atoms with E-state index in [0.717, 1.165) is 10.2 Å². The van der Waals surface area contributed by atoms with E-state index < -0.39 is 6.10 Å². The van der Waals surface area contributed by atoms with Crippen LogP contribution in [-0.2, 0) is 9.59 Å². The van der Waals surface area contributed by atoms with Crippen molar-refractivity contribution in [3.63, 3.8) is 0 Å². The van der Waals surface area contributed by atoms with E-state index in [9.17, 15) is 9.59 Å². The Kier molecular flexibility index (Phi) is 4.53. The van der Waals surface area contributed by atoms with Gasteiger partial charge in [0.1, 0.15) is 12.3 Å². The van der Waals surface area contributed by atoms with E-state index in [1.54, 1.807) is 24.0 Å². The summed E-state index contributed by atoms with van der Waals surface area (Å²) in [6.07, 6.45) is -0.620. The quantitative estimate of drug-likeness (QED) is 0.694. The summed E-state index contributed by atoms with van der Waals surface area (Å²) in [6.45, 7) is 4.03. The number of para-hydroxylation sites is 3. The Morgan fingerprint density at radius 1 is 1.22 bits per heavy atom. The molecule has 4 rings (SSSR count).